The number of fused-ring (bicyclic) bond motifs is 1. The van der Waals surface area contributed by atoms with Crippen LogP contribution in [0, 0.1) is 0 Å². The standard InChI is InChI=1S/C22H23N3O3/c26-20(12-14-25-21(27)18-10-4-5-11-19(18)22(25)28)23-15-17-9-6-13-24(17)16-7-2-1-3-8-16/h1-5,7-8,10-11,17H,6,9,12-15H2,(H,23,26). The first-order valence-corrected chi connectivity index (χ1v) is 9.69. The molecule has 4 rings (SSSR count). The Morgan fingerprint density at radius 1 is 0.964 bits per heavy atom. The van der Waals surface area contributed by atoms with Gasteiger partial charge in [0, 0.05) is 37.8 Å². The van der Waals surface area contributed by atoms with Crippen molar-refractivity contribution in [1.29, 1.82) is 0 Å². The molecule has 3 amide bonds. The molecule has 0 saturated carbocycles. The highest BCUT2D eigenvalue weighted by Gasteiger charge is 2.35. The normalized spacial score (nSPS) is 18.5. The highest BCUT2D eigenvalue weighted by atomic mass is 16.2. The molecule has 0 aromatic heterocycles. The number of imide groups is 1. The Hall–Kier alpha value is -3.15. The molecule has 1 saturated heterocycles. The molecule has 0 spiro atoms. The summed E-state index contributed by atoms with van der Waals surface area (Å²) < 4.78 is 0. The topological polar surface area (TPSA) is 69.7 Å². The minimum Gasteiger partial charge on any atom is -0.367 e. The molecule has 1 unspecified atom stereocenters. The maximum atomic E-state index is 12.4. The molecular formula is C22H23N3O3. The lowest BCUT2D eigenvalue weighted by Crippen LogP contribution is -2.41. The molecule has 1 fully saturated rings. The maximum absolute atomic E-state index is 12.4. The third-order valence-corrected chi connectivity index (χ3v) is 5.44. The summed E-state index contributed by atoms with van der Waals surface area (Å²) in [7, 11) is 0. The number of hydrogen-bond acceptors (Lipinski definition) is 4. The van der Waals surface area contributed by atoms with Crippen LogP contribution in [0.15, 0.2) is 54.6 Å². The second-order valence-electron chi connectivity index (χ2n) is 7.19. The zero-order chi connectivity index (χ0) is 19.5. The number of carbonyl (C=O) groups excluding carboxylic acids is 3. The van der Waals surface area contributed by atoms with Gasteiger partial charge in [0.25, 0.3) is 11.8 Å². The molecule has 6 nitrogen and oxygen atoms in total. The van der Waals surface area contributed by atoms with Crippen LogP contribution in [0.25, 0.3) is 0 Å². The Morgan fingerprint density at radius 2 is 1.61 bits per heavy atom. The molecule has 6 heteroatoms. The van der Waals surface area contributed by atoms with E-state index in [0.717, 1.165) is 24.3 Å². The predicted octanol–water partition coefficient (Wildman–Crippen LogP) is 2.46. The molecule has 28 heavy (non-hydrogen) atoms. The quantitative estimate of drug-likeness (QED) is 0.785. The van der Waals surface area contributed by atoms with E-state index in [2.05, 4.69) is 22.3 Å². The van der Waals surface area contributed by atoms with E-state index >= 15 is 0 Å². The van der Waals surface area contributed by atoms with Crippen molar-refractivity contribution in [1.82, 2.24) is 10.2 Å². The molecule has 2 aromatic carbocycles. The van der Waals surface area contributed by atoms with Gasteiger partial charge in [0.15, 0.2) is 0 Å². The van der Waals surface area contributed by atoms with Crippen LogP contribution >= 0.6 is 0 Å². The highest BCUT2D eigenvalue weighted by Crippen LogP contribution is 2.25. The van der Waals surface area contributed by atoms with Gasteiger partial charge in [-0.15, -0.1) is 0 Å². The fourth-order valence-corrected chi connectivity index (χ4v) is 3.98. The van der Waals surface area contributed by atoms with E-state index in [9.17, 15) is 14.4 Å². The van der Waals surface area contributed by atoms with Crippen molar-refractivity contribution in [3.05, 3.63) is 65.7 Å². The van der Waals surface area contributed by atoms with Gasteiger partial charge in [0.2, 0.25) is 5.91 Å². The lowest BCUT2D eigenvalue weighted by atomic mass is 10.1. The summed E-state index contributed by atoms with van der Waals surface area (Å²) in [5.41, 5.74) is 2.00. The van der Waals surface area contributed by atoms with Gasteiger partial charge in [-0.05, 0) is 37.1 Å². The zero-order valence-electron chi connectivity index (χ0n) is 15.6. The summed E-state index contributed by atoms with van der Waals surface area (Å²) in [4.78, 5) is 40.5. The van der Waals surface area contributed by atoms with Crippen molar-refractivity contribution in [3.63, 3.8) is 0 Å². The number of anilines is 1. The molecule has 0 bridgehead atoms. The average molecular weight is 377 g/mol. The monoisotopic (exact) mass is 377 g/mol. The van der Waals surface area contributed by atoms with Crippen molar-refractivity contribution in [2.75, 3.05) is 24.5 Å². The van der Waals surface area contributed by atoms with Gasteiger partial charge in [0.1, 0.15) is 0 Å². The van der Waals surface area contributed by atoms with E-state index in [1.165, 1.54) is 5.69 Å². The van der Waals surface area contributed by atoms with Crippen LogP contribution in [0.3, 0.4) is 0 Å². The second kappa shape index (κ2) is 7.84. The van der Waals surface area contributed by atoms with Crippen molar-refractivity contribution in [2.24, 2.45) is 0 Å². The second-order valence-corrected chi connectivity index (χ2v) is 7.19. The number of benzene rings is 2. The molecule has 0 radical (unpaired) electrons. The summed E-state index contributed by atoms with van der Waals surface area (Å²) in [6.07, 6.45) is 2.25. The number of rotatable bonds is 6. The maximum Gasteiger partial charge on any atom is 0.261 e. The first kappa shape index (κ1) is 18.2. The van der Waals surface area contributed by atoms with E-state index in [0.29, 0.717) is 17.7 Å². The number of hydrogen-bond donors (Lipinski definition) is 1. The van der Waals surface area contributed by atoms with Crippen molar-refractivity contribution >= 4 is 23.4 Å². The number of amides is 3. The summed E-state index contributed by atoms with van der Waals surface area (Å²) in [5, 5.41) is 2.97. The third-order valence-electron chi connectivity index (χ3n) is 5.44. The highest BCUT2D eigenvalue weighted by molar-refractivity contribution is 6.21. The molecule has 0 aliphatic carbocycles. The van der Waals surface area contributed by atoms with Gasteiger partial charge in [-0.2, -0.15) is 0 Å². The average Bonchev–Trinajstić information content (AvgIpc) is 3.29. The van der Waals surface area contributed by atoms with Gasteiger partial charge in [-0.3, -0.25) is 19.3 Å². The van der Waals surface area contributed by atoms with Crippen molar-refractivity contribution in [2.45, 2.75) is 25.3 Å². The number of para-hydroxylation sites is 1. The van der Waals surface area contributed by atoms with E-state index in [4.69, 9.17) is 0 Å². The lowest BCUT2D eigenvalue weighted by Gasteiger charge is -2.27. The first-order valence-electron chi connectivity index (χ1n) is 9.69. The zero-order valence-corrected chi connectivity index (χ0v) is 15.6. The molecule has 2 aliphatic rings. The fourth-order valence-electron chi connectivity index (χ4n) is 3.98. The largest absolute Gasteiger partial charge is 0.367 e. The number of nitrogens with one attached hydrogen (secondary N) is 1. The summed E-state index contributed by atoms with van der Waals surface area (Å²) in [6, 6.07) is 17.2. The summed E-state index contributed by atoms with van der Waals surface area (Å²) in [6.45, 7) is 1.65. The Morgan fingerprint density at radius 3 is 2.29 bits per heavy atom. The number of carbonyl (C=O) groups is 3. The van der Waals surface area contributed by atoms with Gasteiger partial charge in [-0.1, -0.05) is 30.3 Å². The van der Waals surface area contributed by atoms with Crippen molar-refractivity contribution < 1.29 is 14.4 Å². The Labute approximate surface area is 164 Å². The Balaban J connectivity index is 1.29. The Kier molecular flexibility index (Phi) is 5.10. The van der Waals surface area contributed by atoms with Gasteiger partial charge >= 0.3 is 0 Å². The van der Waals surface area contributed by atoms with Crippen LogP contribution in [0.1, 0.15) is 40.0 Å². The van der Waals surface area contributed by atoms with Crippen LogP contribution in [-0.2, 0) is 4.79 Å². The minimum absolute atomic E-state index is 0.102. The van der Waals surface area contributed by atoms with Gasteiger partial charge < -0.3 is 10.2 Å². The first-order chi connectivity index (χ1) is 13.6. The lowest BCUT2D eigenvalue weighted by molar-refractivity contribution is -0.121. The molecule has 1 N–H and O–H groups in total. The summed E-state index contributed by atoms with van der Waals surface area (Å²) >= 11 is 0. The summed E-state index contributed by atoms with van der Waals surface area (Å²) in [5.74, 6) is -0.782. The van der Waals surface area contributed by atoms with Gasteiger partial charge in [-0.25, -0.2) is 0 Å². The molecular weight excluding hydrogens is 354 g/mol. The smallest absolute Gasteiger partial charge is 0.261 e. The molecule has 144 valence electrons. The SMILES string of the molecule is O=C(CCN1C(=O)c2ccccc2C1=O)NCC1CCCN1c1ccccc1. The minimum atomic E-state index is -0.320. The van der Waals surface area contributed by atoms with Crippen LogP contribution in [0.4, 0.5) is 5.69 Å². The van der Waals surface area contributed by atoms with Gasteiger partial charge in [0.05, 0.1) is 11.1 Å². The molecule has 2 aliphatic heterocycles. The van der Waals surface area contributed by atoms with Crippen LogP contribution in [-0.4, -0.2) is 48.3 Å². The van der Waals surface area contributed by atoms with Crippen molar-refractivity contribution in [3.8, 4) is 0 Å². The molecule has 1 atom stereocenters. The fraction of sp³-hybridized carbons (Fsp3) is 0.318. The van der Waals surface area contributed by atoms with Crippen LogP contribution in [0.5, 0.6) is 0 Å². The van der Waals surface area contributed by atoms with Crippen LogP contribution < -0.4 is 10.2 Å². The van der Waals surface area contributed by atoms with E-state index in [1.54, 1.807) is 24.3 Å². The predicted molar refractivity (Wildman–Crippen MR) is 106 cm³/mol. The Bertz CT molecular complexity index is 862. The molecule has 2 aromatic rings. The third kappa shape index (κ3) is 3.50. The van der Waals surface area contributed by atoms with E-state index in [1.807, 2.05) is 18.2 Å². The van der Waals surface area contributed by atoms with Crippen LogP contribution in [0.2, 0.25) is 0 Å². The van der Waals surface area contributed by atoms with E-state index in [-0.39, 0.29) is 36.7 Å². The van der Waals surface area contributed by atoms with E-state index < -0.39 is 0 Å². The molecule has 2 heterocycles. The number of nitrogens with zero attached hydrogens (tertiary/aromatic N) is 2.